The zero-order chi connectivity index (χ0) is 7.49. The van der Waals surface area contributed by atoms with Crippen molar-refractivity contribution in [3.8, 4) is 0 Å². The van der Waals surface area contributed by atoms with Crippen molar-refractivity contribution in [2.75, 3.05) is 0 Å². The minimum Gasteiger partial charge on any atom is -0.281 e. The van der Waals surface area contributed by atoms with E-state index in [0.29, 0.717) is 0 Å². The van der Waals surface area contributed by atoms with Gasteiger partial charge in [0.15, 0.2) is 0 Å². The van der Waals surface area contributed by atoms with E-state index < -0.39 is 10.8 Å². The average molecular weight is 148 g/mol. The second kappa shape index (κ2) is 2.71. The Balaban J connectivity index is 4.37. The highest BCUT2D eigenvalue weighted by molar-refractivity contribution is 6.65. The van der Waals surface area contributed by atoms with E-state index in [1.54, 1.807) is 0 Å². The molecule has 0 rings (SSSR count). The van der Waals surface area contributed by atoms with Crippen molar-refractivity contribution >= 4 is 16.8 Å². The van der Waals surface area contributed by atoms with Crippen molar-refractivity contribution in [3.05, 3.63) is 10.4 Å². The summed E-state index contributed by atoms with van der Waals surface area (Å²) in [5.74, 6) is 0. The molecule has 0 N–H and O–H groups in total. The van der Waals surface area contributed by atoms with Crippen LogP contribution in [-0.4, -0.2) is 10.8 Å². The van der Waals surface area contributed by atoms with Crippen LogP contribution in [0.25, 0.3) is 10.4 Å². The Kier molecular flexibility index (Phi) is 2.49. The fraction of sp³-hybridized carbons (Fsp3) is 0.750. The molecule has 0 atom stereocenters. The maximum absolute atomic E-state index is 10.4. The number of carbonyl (C=O) groups is 1. The molecule has 0 saturated carbocycles. The summed E-state index contributed by atoms with van der Waals surface area (Å²) < 4.78 is 0. The summed E-state index contributed by atoms with van der Waals surface area (Å²) in [6.07, 6.45) is 0. The van der Waals surface area contributed by atoms with E-state index in [-0.39, 0.29) is 0 Å². The van der Waals surface area contributed by atoms with Gasteiger partial charge in [0.1, 0.15) is 5.54 Å². The topological polar surface area (TPSA) is 65.8 Å². The van der Waals surface area contributed by atoms with Crippen molar-refractivity contribution < 1.29 is 4.79 Å². The first-order valence-electron chi connectivity index (χ1n) is 2.27. The number of hydrogen-bond donors (Lipinski definition) is 0. The first kappa shape index (κ1) is 8.27. The maximum atomic E-state index is 10.4. The van der Waals surface area contributed by atoms with Gasteiger partial charge in [-0.15, -0.1) is 0 Å². The Bertz CT molecular complexity index is 167. The van der Waals surface area contributed by atoms with E-state index in [1.165, 1.54) is 13.8 Å². The Morgan fingerprint density at radius 3 is 2.33 bits per heavy atom. The molecule has 0 aromatic rings. The zero-order valence-corrected chi connectivity index (χ0v) is 5.88. The van der Waals surface area contributed by atoms with Gasteiger partial charge in [-0.05, 0) is 31.0 Å². The van der Waals surface area contributed by atoms with E-state index in [0.717, 1.165) is 0 Å². The molecule has 0 radical (unpaired) electrons. The molecule has 0 amide bonds. The molecule has 0 aliphatic rings. The molecule has 4 nitrogen and oxygen atoms in total. The van der Waals surface area contributed by atoms with E-state index in [2.05, 4.69) is 10.0 Å². The molecule has 0 bridgehead atoms. The van der Waals surface area contributed by atoms with Crippen LogP contribution in [0.2, 0.25) is 0 Å². The lowest BCUT2D eigenvalue weighted by Crippen LogP contribution is -2.23. The monoisotopic (exact) mass is 147 g/mol. The van der Waals surface area contributed by atoms with Crippen LogP contribution >= 0.6 is 11.6 Å². The quantitative estimate of drug-likeness (QED) is 0.254. The van der Waals surface area contributed by atoms with E-state index in [9.17, 15) is 4.79 Å². The van der Waals surface area contributed by atoms with E-state index >= 15 is 0 Å². The third-order valence-corrected chi connectivity index (χ3v) is 1.24. The summed E-state index contributed by atoms with van der Waals surface area (Å²) in [5, 5.41) is 2.50. The number of hydrogen-bond acceptors (Lipinski definition) is 2. The minimum absolute atomic E-state index is 0.652. The molecule has 9 heavy (non-hydrogen) atoms. The molecule has 0 aliphatic carbocycles. The van der Waals surface area contributed by atoms with Crippen LogP contribution in [-0.2, 0) is 4.79 Å². The molecule has 0 saturated heterocycles. The fourth-order valence-electron chi connectivity index (χ4n) is 0.151. The highest BCUT2D eigenvalue weighted by Crippen LogP contribution is 2.12. The van der Waals surface area contributed by atoms with Gasteiger partial charge < -0.3 is 0 Å². The summed E-state index contributed by atoms with van der Waals surface area (Å²) >= 11 is 5.04. The molecule has 0 aromatic carbocycles. The SMILES string of the molecule is CC(C)(N=[N+]=[N-])C(=O)Cl. The van der Waals surface area contributed by atoms with Crippen molar-refractivity contribution in [2.24, 2.45) is 5.11 Å². The van der Waals surface area contributed by atoms with Crippen molar-refractivity contribution in [1.82, 2.24) is 0 Å². The maximum Gasteiger partial charge on any atom is 0.233 e. The standard InChI is InChI=1S/C4H6ClN3O/c1-4(2,3(5)9)7-8-6/h1-2H3. The first-order chi connectivity index (χ1) is 4.00. The third kappa shape index (κ3) is 2.35. The van der Waals surface area contributed by atoms with Gasteiger partial charge in [0.05, 0.1) is 0 Å². The van der Waals surface area contributed by atoms with Gasteiger partial charge in [0.2, 0.25) is 5.24 Å². The molecule has 0 aliphatic heterocycles. The second-order valence-electron chi connectivity index (χ2n) is 2.02. The van der Waals surface area contributed by atoms with Crippen LogP contribution in [0.5, 0.6) is 0 Å². The predicted octanol–water partition coefficient (Wildman–Crippen LogP) is 1.84. The van der Waals surface area contributed by atoms with Gasteiger partial charge in [-0.2, -0.15) is 0 Å². The summed E-state index contributed by atoms with van der Waals surface area (Å²) in [5.41, 5.74) is 6.78. The van der Waals surface area contributed by atoms with Gasteiger partial charge >= 0.3 is 0 Å². The normalized spacial score (nSPS) is 10.1. The number of azide groups is 1. The van der Waals surface area contributed by atoms with Crippen LogP contribution in [0.4, 0.5) is 0 Å². The highest BCUT2D eigenvalue weighted by Gasteiger charge is 2.23. The second-order valence-corrected chi connectivity index (χ2v) is 2.37. The first-order valence-corrected chi connectivity index (χ1v) is 2.64. The summed E-state index contributed by atoms with van der Waals surface area (Å²) in [6, 6.07) is 0. The molecule has 0 fully saturated rings. The largest absolute Gasteiger partial charge is 0.281 e. The number of rotatable bonds is 2. The summed E-state index contributed by atoms with van der Waals surface area (Å²) in [7, 11) is 0. The van der Waals surface area contributed by atoms with Gasteiger partial charge in [0, 0.05) is 4.91 Å². The lowest BCUT2D eigenvalue weighted by Gasteiger charge is -2.08. The van der Waals surface area contributed by atoms with E-state index in [4.69, 9.17) is 17.1 Å². The summed E-state index contributed by atoms with van der Waals surface area (Å²) in [4.78, 5) is 12.8. The molecule has 5 heteroatoms. The molecule has 0 spiro atoms. The Morgan fingerprint density at radius 1 is 1.78 bits per heavy atom. The number of nitrogens with zero attached hydrogens (tertiary/aromatic N) is 3. The molecular weight excluding hydrogens is 142 g/mol. The van der Waals surface area contributed by atoms with Crippen LogP contribution in [0.3, 0.4) is 0 Å². The molecule has 0 aromatic heterocycles. The number of halogens is 1. The lowest BCUT2D eigenvalue weighted by molar-refractivity contribution is -0.115. The van der Waals surface area contributed by atoms with Crippen LogP contribution in [0, 0.1) is 0 Å². The zero-order valence-electron chi connectivity index (χ0n) is 5.13. The summed E-state index contributed by atoms with van der Waals surface area (Å²) in [6.45, 7) is 2.89. The van der Waals surface area contributed by atoms with Crippen molar-refractivity contribution in [1.29, 1.82) is 0 Å². The fourth-order valence-corrected chi connectivity index (χ4v) is 0.189. The third-order valence-electron chi connectivity index (χ3n) is 0.776. The highest BCUT2D eigenvalue weighted by atomic mass is 35.5. The smallest absolute Gasteiger partial charge is 0.233 e. The predicted molar refractivity (Wildman–Crippen MR) is 34.1 cm³/mol. The average Bonchev–Trinajstić information content (AvgIpc) is 1.65. The Morgan fingerprint density at radius 2 is 2.22 bits per heavy atom. The van der Waals surface area contributed by atoms with Gasteiger partial charge in [-0.3, -0.25) is 4.79 Å². The van der Waals surface area contributed by atoms with Crippen LogP contribution in [0.1, 0.15) is 13.8 Å². The van der Waals surface area contributed by atoms with E-state index in [1.807, 2.05) is 0 Å². The van der Waals surface area contributed by atoms with Gasteiger partial charge in [-0.1, -0.05) is 5.11 Å². The molecule has 50 valence electrons. The van der Waals surface area contributed by atoms with Crippen molar-refractivity contribution in [3.63, 3.8) is 0 Å². The molecular formula is C4H6ClN3O. The van der Waals surface area contributed by atoms with Crippen molar-refractivity contribution in [2.45, 2.75) is 19.4 Å². The minimum atomic E-state index is -1.11. The van der Waals surface area contributed by atoms with Crippen LogP contribution in [0.15, 0.2) is 5.11 Å². The lowest BCUT2D eigenvalue weighted by atomic mass is 10.1. The van der Waals surface area contributed by atoms with Gasteiger partial charge in [-0.25, -0.2) is 0 Å². The van der Waals surface area contributed by atoms with Crippen LogP contribution < -0.4 is 0 Å². The molecule has 0 heterocycles. The Labute approximate surface area is 57.4 Å². The number of carbonyl (C=O) groups excluding carboxylic acids is 1. The van der Waals surface area contributed by atoms with Gasteiger partial charge in [0.25, 0.3) is 0 Å². The molecule has 0 unspecified atom stereocenters. The Hall–Kier alpha value is -0.730.